The van der Waals surface area contributed by atoms with Crippen LogP contribution in [0.25, 0.3) is 0 Å². The molecule has 7 nitrogen and oxygen atoms in total. The molecule has 0 aliphatic heterocycles. The van der Waals surface area contributed by atoms with Crippen LogP contribution >= 0.6 is 0 Å². The SMILES string of the molecule is C=CCNS(=O)(=O)c1ccc(C(=O)NCC(c2ccccc2OC)N(C)C)cc1. The molecule has 0 aliphatic carbocycles. The largest absolute Gasteiger partial charge is 0.496 e. The molecule has 2 rings (SSSR count). The summed E-state index contributed by atoms with van der Waals surface area (Å²) in [6.07, 6.45) is 1.46. The predicted octanol–water partition coefficient (Wildman–Crippen LogP) is 2.19. The Hall–Kier alpha value is -2.68. The van der Waals surface area contributed by atoms with Gasteiger partial charge in [-0.25, -0.2) is 13.1 Å². The van der Waals surface area contributed by atoms with Crippen molar-refractivity contribution in [3.8, 4) is 5.75 Å². The van der Waals surface area contributed by atoms with Crippen LogP contribution in [0.5, 0.6) is 5.75 Å². The molecule has 0 fully saturated rings. The maximum absolute atomic E-state index is 12.6. The molecule has 0 radical (unpaired) electrons. The van der Waals surface area contributed by atoms with Gasteiger partial charge in [-0.05, 0) is 44.4 Å². The highest BCUT2D eigenvalue weighted by molar-refractivity contribution is 7.89. The van der Waals surface area contributed by atoms with Crippen molar-refractivity contribution < 1.29 is 17.9 Å². The smallest absolute Gasteiger partial charge is 0.251 e. The van der Waals surface area contributed by atoms with E-state index in [9.17, 15) is 13.2 Å². The van der Waals surface area contributed by atoms with Crippen LogP contribution in [0.1, 0.15) is 22.0 Å². The number of amides is 1. The van der Waals surface area contributed by atoms with E-state index in [1.807, 2.05) is 43.3 Å². The lowest BCUT2D eigenvalue weighted by Gasteiger charge is -2.26. The van der Waals surface area contributed by atoms with Gasteiger partial charge in [0, 0.05) is 24.2 Å². The number of rotatable bonds is 10. The van der Waals surface area contributed by atoms with Crippen LogP contribution in [-0.2, 0) is 10.0 Å². The fourth-order valence-electron chi connectivity index (χ4n) is 2.84. The number of benzene rings is 2. The number of carbonyl (C=O) groups is 1. The monoisotopic (exact) mass is 417 g/mol. The number of methoxy groups -OCH3 is 1. The molecule has 2 aromatic carbocycles. The second kappa shape index (κ2) is 10.2. The van der Waals surface area contributed by atoms with Crippen LogP contribution in [0.4, 0.5) is 0 Å². The molecule has 156 valence electrons. The molecular formula is C21H27N3O4S. The summed E-state index contributed by atoms with van der Waals surface area (Å²) in [5.41, 5.74) is 1.35. The van der Waals surface area contributed by atoms with Crippen molar-refractivity contribution >= 4 is 15.9 Å². The third-order valence-corrected chi connectivity index (χ3v) is 5.86. The molecule has 0 aromatic heterocycles. The first kappa shape index (κ1) is 22.6. The van der Waals surface area contributed by atoms with Crippen LogP contribution in [0, 0.1) is 0 Å². The van der Waals surface area contributed by atoms with E-state index in [1.54, 1.807) is 7.11 Å². The summed E-state index contributed by atoms with van der Waals surface area (Å²) in [5, 5.41) is 2.91. The molecule has 0 saturated heterocycles. The fourth-order valence-corrected chi connectivity index (χ4v) is 3.84. The topological polar surface area (TPSA) is 87.7 Å². The molecule has 1 unspecified atom stereocenters. The van der Waals surface area contributed by atoms with Crippen LogP contribution in [0.3, 0.4) is 0 Å². The summed E-state index contributed by atoms with van der Waals surface area (Å²) in [7, 11) is 1.86. The predicted molar refractivity (Wildman–Crippen MR) is 114 cm³/mol. The van der Waals surface area contributed by atoms with Gasteiger partial charge in [-0.1, -0.05) is 24.3 Å². The molecule has 0 bridgehead atoms. The third kappa shape index (κ3) is 5.90. The molecule has 1 atom stereocenters. The minimum atomic E-state index is -3.62. The van der Waals surface area contributed by atoms with Crippen molar-refractivity contribution in [1.82, 2.24) is 14.9 Å². The van der Waals surface area contributed by atoms with Gasteiger partial charge in [-0.2, -0.15) is 0 Å². The second-order valence-electron chi connectivity index (χ2n) is 6.60. The number of para-hydroxylation sites is 1. The zero-order valence-electron chi connectivity index (χ0n) is 16.9. The van der Waals surface area contributed by atoms with Crippen molar-refractivity contribution in [3.63, 3.8) is 0 Å². The Morgan fingerprint density at radius 3 is 2.41 bits per heavy atom. The quantitative estimate of drug-likeness (QED) is 0.579. The molecule has 0 aliphatic rings. The molecule has 2 aromatic rings. The summed E-state index contributed by atoms with van der Waals surface area (Å²) in [6, 6.07) is 13.4. The average molecular weight is 418 g/mol. The van der Waals surface area contributed by atoms with Gasteiger partial charge in [0.1, 0.15) is 5.75 Å². The maximum atomic E-state index is 12.6. The maximum Gasteiger partial charge on any atom is 0.251 e. The number of hydrogen-bond acceptors (Lipinski definition) is 5. The minimum Gasteiger partial charge on any atom is -0.496 e. The van der Waals surface area contributed by atoms with E-state index < -0.39 is 10.0 Å². The highest BCUT2D eigenvalue weighted by Gasteiger charge is 2.20. The van der Waals surface area contributed by atoms with E-state index in [0.717, 1.165) is 11.3 Å². The summed E-state index contributed by atoms with van der Waals surface area (Å²) in [6.45, 7) is 3.99. The summed E-state index contributed by atoms with van der Waals surface area (Å²) in [4.78, 5) is 14.6. The fraction of sp³-hybridized carbons (Fsp3) is 0.286. The summed E-state index contributed by atoms with van der Waals surface area (Å²) < 4.78 is 32.0. The lowest BCUT2D eigenvalue weighted by atomic mass is 10.0. The molecule has 0 spiro atoms. The number of nitrogens with one attached hydrogen (secondary N) is 2. The van der Waals surface area contributed by atoms with Gasteiger partial charge in [0.15, 0.2) is 0 Å². The number of likely N-dealkylation sites (N-methyl/N-ethyl adjacent to an activating group) is 1. The van der Waals surface area contributed by atoms with E-state index in [-0.39, 0.29) is 23.4 Å². The van der Waals surface area contributed by atoms with Gasteiger partial charge >= 0.3 is 0 Å². The van der Waals surface area contributed by atoms with E-state index in [0.29, 0.717) is 12.1 Å². The number of nitrogens with zero attached hydrogens (tertiary/aromatic N) is 1. The number of hydrogen-bond donors (Lipinski definition) is 2. The van der Waals surface area contributed by atoms with Gasteiger partial charge in [-0.3, -0.25) is 4.79 Å². The van der Waals surface area contributed by atoms with E-state index in [4.69, 9.17) is 4.74 Å². The number of sulfonamides is 1. The Morgan fingerprint density at radius 1 is 1.17 bits per heavy atom. The van der Waals surface area contributed by atoms with Gasteiger partial charge in [0.05, 0.1) is 18.0 Å². The first-order valence-electron chi connectivity index (χ1n) is 9.08. The van der Waals surface area contributed by atoms with Crippen molar-refractivity contribution in [2.75, 3.05) is 34.3 Å². The van der Waals surface area contributed by atoms with Crippen molar-refractivity contribution in [2.45, 2.75) is 10.9 Å². The van der Waals surface area contributed by atoms with Gasteiger partial charge in [-0.15, -0.1) is 6.58 Å². The molecule has 0 heterocycles. The van der Waals surface area contributed by atoms with Crippen molar-refractivity contribution in [2.24, 2.45) is 0 Å². The number of ether oxygens (including phenoxy) is 1. The molecule has 29 heavy (non-hydrogen) atoms. The first-order valence-corrected chi connectivity index (χ1v) is 10.6. The minimum absolute atomic E-state index is 0.0853. The van der Waals surface area contributed by atoms with Gasteiger partial charge < -0.3 is 15.0 Å². The average Bonchev–Trinajstić information content (AvgIpc) is 2.72. The highest BCUT2D eigenvalue weighted by Crippen LogP contribution is 2.27. The molecule has 1 amide bonds. The summed E-state index contributed by atoms with van der Waals surface area (Å²) >= 11 is 0. The van der Waals surface area contributed by atoms with E-state index in [1.165, 1.54) is 30.3 Å². The lowest BCUT2D eigenvalue weighted by Crippen LogP contribution is -2.34. The summed E-state index contributed by atoms with van der Waals surface area (Å²) in [5.74, 6) is 0.469. The number of carbonyl (C=O) groups excluding carboxylic acids is 1. The van der Waals surface area contributed by atoms with Crippen LogP contribution in [0.15, 0.2) is 66.1 Å². The van der Waals surface area contributed by atoms with Crippen LogP contribution < -0.4 is 14.8 Å². The van der Waals surface area contributed by atoms with Crippen molar-refractivity contribution in [1.29, 1.82) is 0 Å². The Morgan fingerprint density at radius 2 is 1.83 bits per heavy atom. The zero-order valence-corrected chi connectivity index (χ0v) is 17.7. The first-order chi connectivity index (χ1) is 13.8. The van der Waals surface area contributed by atoms with Crippen LogP contribution in [-0.4, -0.2) is 53.5 Å². The van der Waals surface area contributed by atoms with Crippen LogP contribution in [0.2, 0.25) is 0 Å². The van der Waals surface area contributed by atoms with Gasteiger partial charge in [0.25, 0.3) is 5.91 Å². The normalized spacial score (nSPS) is 12.4. The third-order valence-electron chi connectivity index (χ3n) is 4.42. The molecule has 0 saturated carbocycles. The Balaban J connectivity index is 2.10. The lowest BCUT2D eigenvalue weighted by molar-refractivity contribution is 0.0941. The Labute approximate surface area is 172 Å². The van der Waals surface area contributed by atoms with E-state index >= 15 is 0 Å². The molecule has 8 heteroatoms. The Bertz CT molecular complexity index is 941. The highest BCUT2D eigenvalue weighted by atomic mass is 32.2. The standard InChI is InChI=1S/C21H27N3O4S/c1-5-14-23-29(26,27)17-12-10-16(11-13-17)21(25)22-15-19(24(2)3)18-8-6-7-9-20(18)28-4/h5-13,19,23H,1,14-15H2,2-4H3,(H,22,25). The molecular weight excluding hydrogens is 390 g/mol. The van der Waals surface area contributed by atoms with Gasteiger partial charge in [0.2, 0.25) is 10.0 Å². The second-order valence-corrected chi connectivity index (χ2v) is 8.36. The van der Waals surface area contributed by atoms with Crippen molar-refractivity contribution in [3.05, 3.63) is 72.3 Å². The Kier molecular flexibility index (Phi) is 7.95. The zero-order chi connectivity index (χ0) is 21.4. The van der Waals surface area contributed by atoms with E-state index in [2.05, 4.69) is 16.6 Å². The molecule has 2 N–H and O–H groups in total.